The highest BCUT2D eigenvalue weighted by Gasteiger charge is 2.36. The van der Waals surface area contributed by atoms with Crippen LogP contribution in [0, 0.1) is 6.92 Å². The summed E-state index contributed by atoms with van der Waals surface area (Å²) < 4.78 is 43.0. The monoisotopic (exact) mass is 610 g/mol. The number of aromatic nitrogens is 1. The average Bonchev–Trinajstić information content (AvgIpc) is 2.90. The van der Waals surface area contributed by atoms with E-state index in [1.807, 2.05) is 0 Å². The standard InChI is InChI=1S/C26H30F3IN6/c1-19-7-9-20(10-8-19)32-23-18-22(34-12-3-2-4-13-34)30-25(33-23)36-16-14-35(15-17-36)24-21(26(27,28)29)6-5-11-31-24/h5-11,18H,2-4,12-17H2,1H3,(H,32,33). The van der Waals surface area contributed by atoms with Gasteiger partial charge in [-0.15, -0.1) is 0 Å². The first kappa shape index (κ1) is 25.2. The van der Waals surface area contributed by atoms with Gasteiger partial charge in [0.1, 0.15) is 15.4 Å². The third-order valence-corrected chi connectivity index (χ3v) is 9.52. The fourth-order valence-corrected chi connectivity index (χ4v) is 7.56. The minimum absolute atomic E-state index is 0.0205. The van der Waals surface area contributed by atoms with Crippen LogP contribution in [0.4, 0.5) is 24.7 Å². The Hall–Kier alpha value is -2.47. The number of alkyl halides is 3. The van der Waals surface area contributed by atoms with Crippen molar-refractivity contribution in [3.63, 3.8) is 0 Å². The molecule has 3 aliphatic rings. The summed E-state index contributed by atoms with van der Waals surface area (Å²) in [5, 5.41) is 3.48. The Kier molecular flexibility index (Phi) is 7.61. The minimum Gasteiger partial charge on any atom is -0.367 e. The molecule has 0 bridgehead atoms. The number of piperazine rings is 1. The molecule has 0 aliphatic carbocycles. The van der Waals surface area contributed by atoms with Gasteiger partial charge < -0.3 is 15.1 Å². The zero-order valence-electron chi connectivity index (χ0n) is 20.2. The molecule has 192 valence electrons. The van der Waals surface area contributed by atoms with Crippen molar-refractivity contribution in [3.05, 3.63) is 63.5 Å². The first-order chi connectivity index (χ1) is 17.4. The highest BCUT2D eigenvalue weighted by Crippen LogP contribution is 2.36. The number of piperidine rings is 1. The lowest BCUT2D eigenvalue weighted by Gasteiger charge is -2.37. The molecule has 6 nitrogen and oxygen atoms in total. The molecule has 0 saturated carbocycles. The highest BCUT2D eigenvalue weighted by molar-refractivity contribution is 14.2. The summed E-state index contributed by atoms with van der Waals surface area (Å²) in [7, 11) is 0. The number of rotatable bonds is 4. The molecule has 1 aromatic carbocycles. The smallest absolute Gasteiger partial charge is 0.367 e. The normalized spacial score (nSPS) is 19.7. The van der Waals surface area contributed by atoms with Crippen molar-refractivity contribution in [2.24, 2.45) is 4.99 Å². The maximum absolute atomic E-state index is 13.5. The van der Waals surface area contributed by atoms with E-state index in [1.165, 1.54) is 40.8 Å². The number of halogens is 4. The number of aryl methyl sites for hydroxylation is 1. The number of aliphatic imine (C=N–C) groups is 1. The number of nitrogens with one attached hydrogen (secondary N) is 1. The van der Waals surface area contributed by atoms with Crippen LogP contribution in [0.25, 0.3) is 0 Å². The van der Waals surface area contributed by atoms with Gasteiger partial charge in [-0.2, -0.15) is 13.2 Å². The summed E-state index contributed by atoms with van der Waals surface area (Å²) >= 11 is -0.483. The maximum atomic E-state index is 13.5. The quantitative estimate of drug-likeness (QED) is 0.369. The van der Waals surface area contributed by atoms with Crippen molar-refractivity contribution in [1.29, 1.82) is 0 Å². The van der Waals surface area contributed by atoms with Crippen molar-refractivity contribution in [3.8, 4) is 0 Å². The summed E-state index contributed by atoms with van der Waals surface area (Å²) in [4.78, 5) is 15.6. The van der Waals surface area contributed by atoms with Gasteiger partial charge >= 0.3 is 6.18 Å². The van der Waals surface area contributed by atoms with Gasteiger partial charge in [0, 0.05) is 57.2 Å². The first-order valence-electron chi connectivity index (χ1n) is 12.3. The second kappa shape index (κ2) is 10.9. The second-order valence-electron chi connectivity index (χ2n) is 9.21. The van der Waals surface area contributed by atoms with Crippen LogP contribution in [0.5, 0.6) is 0 Å². The Bertz CT molecular complexity index is 1160. The predicted octanol–water partition coefficient (Wildman–Crippen LogP) is 5.44. The summed E-state index contributed by atoms with van der Waals surface area (Å²) in [5.74, 6) is 0.846. The third-order valence-electron chi connectivity index (χ3n) is 6.56. The predicted molar refractivity (Wildman–Crippen MR) is 148 cm³/mol. The number of benzene rings is 1. The molecular weight excluding hydrogens is 580 g/mol. The highest BCUT2D eigenvalue weighted by atomic mass is 127. The van der Waals surface area contributed by atoms with E-state index in [-0.39, 0.29) is 5.82 Å². The largest absolute Gasteiger partial charge is 0.419 e. The van der Waals surface area contributed by atoms with E-state index >= 15 is 0 Å². The lowest BCUT2D eigenvalue weighted by atomic mass is 10.1. The molecule has 0 radical (unpaired) electrons. The van der Waals surface area contributed by atoms with E-state index in [0.29, 0.717) is 26.2 Å². The number of likely N-dealkylation sites (tertiary alicyclic amines) is 1. The molecule has 0 spiro atoms. The second-order valence-corrected chi connectivity index (χ2v) is 11.8. The number of amidine groups is 1. The molecule has 10 heteroatoms. The maximum Gasteiger partial charge on any atom is 0.419 e. The van der Waals surface area contributed by atoms with Crippen LogP contribution in [0.1, 0.15) is 30.4 Å². The Morgan fingerprint density at radius 1 is 0.861 bits per heavy atom. The third kappa shape index (κ3) is 5.91. The van der Waals surface area contributed by atoms with E-state index in [9.17, 15) is 13.2 Å². The number of hydrogen-bond acceptors (Lipinski definition) is 6. The number of anilines is 2. The lowest BCUT2D eigenvalue weighted by Crippen LogP contribution is -2.49. The van der Waals surface area contributed by atoms with E-state index < -0.39 is 32.5 Å². The van der Waals surface area contributed by atoms with E-state index in [1.54, 1.807) is 4.90 Å². The van der Waals surface area contributed by atoms with Crippen molar-refractivity contribution < 1.29 is 13.2 Å². The molecule has 3 aliphatic heterocycles. The molecule has 36 heavy (non-hydrogen) atoms. The molecule has 0 unspecified atom stereocenters. The van der Waals surface area contributed by atoms with Crippen LogP contribution in [0.2, 0.25) is 0 Å². The first-order valence-corrected chi connectivity index (χ1v) is 14.5. The molecule has 0 atom stereocenters. The zero-order valence-corrected chi connectivity index (χ0v) is 22.4. The number of hydrogen-bond donors (Lipinski definition) is 1. The minimum atomic E-state index is -4.42. The molecule has 1 aromatic heterocycles. The van der Waals surface area contributed by atoms with Crippen LogP contribution < -0.4 is 10.2 Å². The van der Waals surface area contributed by atoms with Gasteiger partial charge in [0.15, 0.2) is 0 Å². The Labute approximate surface area is 219 Å². The van der Waals surface area contributed by atoms with Crippen molar-refractivity contribution in [2.45, 2.75) is 32.4 Å². The summed E-state index contributed by atoms with van der Waals surface area (Å²) in [5.41, 5.74) is 1.52. The number of nitrogens with zero attached hydrogens (tertiary/aromatic N) is 5. The summed E-state index contributed by atoms with van der Waals surface area (Å²) in [6.45, 7) is 6.41. The molecule has 1 N–H and O–H groups in total. The van der Waals surface area contributed by atoms with Gasteiger partial charge in [0.2, 0.25) is 0 Å². The van der Waals surface area contributed by atoms with Crippen LogP contribution in [-0.2, 0) is 6.18 Å². The fourth-order valence-electron chi connectivity index (χ4n) is 4.59. The van der Waals surface area contributed by atoms with Gasteiger partial charge in [-0.3, -0.25) is 4.90 Å². The van der Waals surface area contributed by atoms with E-state index in [2.05, 4.69) is 57.4 Å². The van der Waals surface area contributed by atoms with Crippen LogP contribution in [0.15, 0.2) is 57.4 Å². The van der Waals surface area contributed by atoms with Crippen molar-refractivity contribution in [1.82, 2.24) is 14.8 Å². The van der Waals surface area contributed by atoms with Crippen molar-refractivity contribution >= 4 is 41.8 Å². The Morgan fingerprint density at radius 3 is 2.25 bits per heavy atom. The van der Waals surface area contributed by atoms with Gasteiger partial charge in [0.25, 0.3) is 0 Å². The van der Waals surface area contributed by atoms with Gasteiger partial charge in [-0.05, 0) is 71.2 Å². The Morgan fingerprint density at radius 2 is 1.56 bits per heavy atom. The molecule has 2 saturated heterocycles. The molecule has 2 fully saturated rings. The molecular formula is C26H30F3IN6. The lowest BCUT2D eigenvalue weighted by molar-refractivity contribution is -0.137. The topological polar surface area (TPSA) is 47.0 Å². The molecule has 0 amide bonds. The molecule has 2 aromatic rings. The van der Waals surface area contributed by atoms with E-state index in [0.717, 1.165) is 34.4 Å². The van der Waals surface area contributed by atoms with Gasteiger partial charge in [0.05, 0.1) is 9.27 Å². The molecule has 5 rings (SSSR count). The van der Waals surface area contributed by atoms with Crippen LogP contribution in [0.3, 0.4) is 0 Å². The zero-order chi connectivity index (χ0) is 25.1. The number of pyridine rings is 1. The Balaban J connectivity index is 1.35. The fraction of sp³-hybridized carbons (Fsp3) is 0.423. The molecule has 4 heterocycles. The van der Waals surface area contributed by atoms with Crippen LogP contribution >= 0.6 is 20.7 Å². The van der Waals surface area contributed by atoms with Crippen molar-refractivity contribution in [2.75, 3.05) is 49.5 Å². The van der Waals surface area contributed by atoms with Crippen LogP contribution in [-0.4, -0.2) is 63.6 Å². The van der Waals surface area contributed by atoms with Gasteiger partial charge in [-0.1, -0.05) is 17.7 Å². The summed E-state index contributed by atoms with van der Waals surface area (Å²) in [6, 6.07) is 10.7. The van der Waals surface area contributed by atoms with Gasteiger partial charge in [-0.25, -0.2) is 9.98 Å². The van der Waals surface area contributed by atoms with E-state index in [4.69, 9.17) is 4.99 Å². The summed E-state index contributed by atoms with van der Waals surface area (Å²) in [6.07, 6.45) is 2.90. The SMILES string of the molecule is Cc1ccc(NC2=NC(N3CCN(c4ncccc4C(F)(F)F)CC3)=IC(N3CCCCC3)=C2)cc1. The average molecular weight is 610 g/mol.